The van der Waals surface area contributed by atoms with E-state index in [-0.39, 0.29) is 21.1 Å². The van der Waals surface area contributed by atoms with Gasteiger partial charge in [0.25, 0.3) is 5.91 Å². The van der Waals surface area contributed by atoms with Crippen LogP contribution in [-0.2, 0) is 11.2 Å². The molecule has 9 heteroatoms. The predicted molar refractivity (Wildman–Crippen MR) is 115 cm³/mol. The van der Waals surface area contributed by atoms with Gasteiger partial charge >= 0.3 is 5.97 Å². The number of rotatable bonds is 7. The van der Waals surface area contributed by atoms with Crippen LogP contribution in [-0.4, -0.2) is 40.0 Å². The van der Waals surface area contributed by atoms with E-state index in [1.54, 1.807) is 0 Å². The molecule has 1 unspecified atom stereocenters. The molecule has 1 amide bonds. The Bertz CT molecular complexity index is 829. The molecular weight excluding hydrogens is 406 g/mol. The number of ketones is 1. The van der Waals surface area contributed by atoms with Crippen LogP contribution in [0.15, 0.2) is 0 Å². The summed E-state index contributed by atoms with van der Waals surface area (Å²) in [7, 11) is 0. The average Bonchev–Trinajstić information content (AvgIpc) is 3.04. The maximum atomic E-state index is 12.7. The third-order valence-electron chi connectivity index (χ3n) is 6.08. The van der Waals surface area contributed by atoms with Gasteiger partial charge in [0, 0.05) is 12.5 Å². The third kappa shape index (κ3) is 5.01. The number of Topliss-reactive ketones (excluding diaryl/α,β-unsaturated/α-hetero) is 1. The Morgan fingerprint density at radius 3 is 2.53 bits per heavy atom. The van der Waals surface area contributed by atoms with Gasteiger partial charge in [-0.05, 0) is 29.7 Å². The largest absolute Gasteiger partial charge is 0.477 e. The zero-order valence-electron chi connectivity index (χ0n) is 17.5. The van der Waals surface area contributed by atoms with Gasteiger partial charge in [-0.25, -0.2) is 4.79 Å². The highest BCUT2D eigenvalue weighted by Gasteiger charge is 2.38. The minimum atomic E-state index is -1.39. The van der Waals surface area contributed by atoms with Gasteiger partial charge in [-0.1, -0.05) is 46.0 Å². The van der Waals surface area contributed by atoms with Gasteiger partial charge in [0.1, 0.15) is 16.0 Å². The van der Waals surface area contributed by atoms with Crippen LogP contribution < -0.4 is 16.6 Å². The summed E-state index contributed by atoms with van der Waals surface area (Å²) in [5.41, 5.74) is 11.6. The molecule has 1 aromatic rings. The topological polar surface area (TPSA) is 142 Å². The Kier molecular flexibility index (Phi) is 6.84. The predicted octanol–water partition coefficient (Wildman–Crippen LogP) is 2.70. The van der Waals surface area contributed by atoms with Crippen molar-refractivity contribution in [3.63, 3.8) is 0 Å². The summed E-state index contributed by atoms with van der Waals surface area (Å²) in [4.78, 5) is 36.8. The van der Waals surface area contributed by atoms with Crippen molar-refractivity contribution in [2.75, 3.05) is 5.43 Å². The standard InChI is InChI=1S/C21H31N3O5S/c1-21(2)9-12-15(14(25)10-21)19(30-17(12)20(28)29)24-23-18(27)16(26)13(22)8-11-6-4-3-5-7-11/h11,13,16,24,26H,3-10,22H2,1-2H3,(H,23,27)(H,28,29)/t13-,16?/m1/s1. The van der Waals surface area contributed by atoms with Gasteiger partial charge in [-0.2, -0.15) is 0 Å². The van der Waals surface area contributed by atoms with Crippen molar-refractivity contribution in [3.05, 3.63) is 16.0 Å². The van der Waals surface area contributed by atoms with Gasteiger partial charge in [-0.3, -0.25) is 20.4 Å². The smallest absolute Gasteiger partial charge is 0.346 e. The maximum absolute atomic E-state index is 12.7. The van der Waals surface area contributed by atoms with Crippen LogP contribution in [0.2, 0.25) is 0 Å². The number of amides is 1. The van der Waals surface area contributed by atoms with Gasteiger partial charge in [0.05, 0.1) is 5.56 Å². The van der Waals surface area contributed by atoms with E-state index in [2.05, 4.69) is 10.9 Å². The van der Waals surface area contributed by atoms with Gasteiger partial charge in [0.15, 0.2) is 5.78 Å². The van der Waals surface area contributed by atoms with Crippen LogP contribution >= 0.6 is 11.3 Å². The van der Waals surface area contributed by atoms with E-state index in [9.17, 15) is 24.6 Å². The summed E-state index contributed by atoms with van der Waals surface area (Å²) in [6.07, 6.45) is 5.63. The first-order valence-corrected chi connectivity index (χ1v) is 11.3. The summed E-state index contributed by atoms with van der Waals surface area (Å²) < 4.78 is 0. The first-order chi connectivity index (χ1) is 14.1. The Balaban J connectivity index is 1.67. The number of anilines is 1. The normalized spacial score (nSPS) is 20.9. The molecule has 1 heterocycles. The van der Waals surface area contributed by atoms with E-state index in [1.165, 1.54) is 6.42 Å². The number of nitrogens with one attached hydrogen (secondary N) is 2. The lowest BCUT2D eigenvalue weighted by Gasteiger charge is -2.29. The van der Waals surface area contributed by atoms with Crippen molar-refractivity contribution in [2.45, 2.75) is 77.4 Å². The monoisotopic (exact) mass is 437 g/mol. The molecule has 2 atom stereocenters. The van der Waals surface area contributed by atoms with Crippen molar-refractivity contribution in [1.82, 2.24) is 5.43 Å². The summed E-state index contributed by atoms with van der Waals surface area (Å²) in [5, 5.41) is 20.1. The molecule has 0 bridgehead atoms. The lowest BCUT2D eigenvalue weighted by molar-refractivity contribution is -0.130. The number of carboxylic acid groups (broad SMARTS) is 1. The molecule has 1 saturated carbocycles. The lowest BCUT2D eigenvalue weighted by Crippen LogP contribution is -2.48. The number of thiophene rings is 1. The number of hydrazine groups is 1. The number of aliphatic hydroxyl groups is 1. The molecule has 0 radical (unpaired) electrons. The summed E-state index contributed by atoms with van der Waals surface area (Å²) >= 11 is 0.919. The molecule has 1 fully saturated rings. The second-order valence-electron chi connectivity index (χ2n) is 9.32. The summed E-state index contributed by atoms with van der Waals surface area (Å²) in [6, 6.07) is -0.677. The van der Waals surface area contributed by atoms with E-state index in [1.807, 2.05) is 13.8 Å². The highest BCUT2D eigenvalue weighted by molar-refractivity contribution is 7.18. The Labute approximate surface area is 180 Å². The second-order valence-corrected chi connectivity index (χ2v) is 10.3. The highest BCUT2D eigenvalue weighted by atomic mass is 32.1. The average molecular weight is 438 g/mol. The molecule has 2 aliphatic carbocycles. The number of carbonyl (C=O) groups excluding carboxylic acids is 2. The van der Waals surface area contributed by atoms with Crippen molar-refractivity contribution < 1.29 is 24.6 Å². The van der Waals surface area contributed by atoms with Crippen LogP contribution in [0, 0.1) is 11.3 Å². The van der Waals surface area contributed by atoms with Crippen LogP contribution in [0.3, 0.4) is 0 Å². The number of nitrogens with two attached hydrogens (primary N) is 1. The molecule has 0 spiro atoms. The number of hydrogen-bond donors (Lipinski definition) is 5. The second kappa shape index (κ2) is 9.03. The minimum Gasteiger partial charge on any atom is -0.477 e. The Morgan fingerprint density at radius 2 is 1.90 bits per heavy atom. The van der Waals surface area contributed by atoms with Crippen LogP contribution in [0.5, 0.6) is 0 Å². The molecule has 30 heavy (non-hydrogen) atoms. The van der Waals surface area contributed by atoms with E-state index in [0.29, 0.717) is 36.3 Å². The number of hydrogen-bond acceptors (Lipinski definition) is 7. The molecule has 2 aliphatic rings. The molecule has 1 aromatic heterocycles. The van der Waals surface area contributed by atoms with Crippen LogP contribution in [0.4, 0.5) is 5.00 Å². The van der Waals surface area contributed by atoms with Gasteiger partial charge in [0.2, 0.25) is 0 Å². The number of carbonyl (C=O) groups is 3. The molecule has 0 aromatic carbocycles. The first-order valence-electron chi connectivity index (χ1n) is 10.5. The summed E-state index contributed by atoms with van der Waals surface area (Å²) in [5.74, 6) is -1.53. The minimum absolute atomic E-state index is 0.0948. The first kappa shape index (κ1) is 22.7. The number of aliphatic hydroxyl groups excluding tert-OH is 1. The number of carboxylic acids is 1. The maximum Gasteiger partial charge on any atom is 0.346 e. The lowest BCUT2D eigenvalue weighted by atomic mass is 9.74. The molecule has 8 nitrogen and oxygen atoms in total. The molecule has 0 aliphatic heterocycles. The SMILES string of the molecule is CC1(C)CC(=O)c2c(NNC(=O)C(O)[C@H](N)CC3CCCCC3)sc(C(=O)O)c2C1. The molecular formula is C21H31N3O5S. The number of fused-ring (bicyclic) bond motifs is 1. The quantitative estimate of drug-likeness (QED) is 0.413. The zero-order chi connectivity index (χ0) is 22.1. The van der Waals surface area contributed by atoms with E-state index >= 15 is 0 Å². The molecule has 166 valence electrons. The highest BCUT2D eigenvalue weighted by Crippen LogP contribution is 2.43. The van der Waals surface area contributed by atoms with Crippen LogP contribution in [0.1, 0.15) is 84.4 Å². The number of aromatic carboxylic acids is 1. The fourth-order valence-corrected chi connectivity index (χ4v) is 5.61. The molecule has 0 saturated heterocycles. The molecule has 6 N–H and O–H groups in total. The fraction of sp³-hybridized carbons (Fsp3) is 0.667. The molecule has 3 rings (SSSR count). The van der Waals surface area contributed by atoms with Crippen LogP contribution in [0.25, 0.3) is 0 Å². The van der Waals surface area contributed by atoms with E-state index < -0.39 is 24.0 Å². The summed E-state index contributed by atoms with van der Waals surface area (Å²) in [6.45, 7) is 3.85. The van der Waals surface area contributed by atoms with Gasteiger partial charge in [-0.15, -0.1) is 11.3 Å². The van der Waals surface area contributed by atoms with Crippen molar-refractivity contribution in [3.8, 4) is 0 Å². The van der Waals surface area contributed by atoms with E-state index in [0.717, 1.165) is 37.0 Å². The van der Waals surface area contributed by atoms with Crippen molar-refractivity contribution in [2.24, 2.45) is 17.1 Å². The Hall–Kier alpha value is -1.97. The van der Waals surface area contributed by atoms with Crippen molar-refractivity contribution in [1.29, 1.82) is 0 Å². The third-order valence-corrected chi connectivity index (χ3v) is 7.21. The Morgan fingerprint density at radius 1 is 1.23 bits per heavy atom. The van der Waals surface area contributed by atoms with Crippen molar-refractivity contribution >= 4 is 34.0 Å². The van der Waals surface area contributed by atoms with Gasteiger partial charge < -0.3 is 15.9 Å². The van der Waals surface area contributed by atoms with E-state index in [4.69, 9.17) is 5.73 Å². The zero-order valence-corrected chi connectivity index (χ0v) is 18.3. The fourth-order valence-electron chi connectivity index (χ4n) is 4.58.